The van der Waals surface area contributed by atoms with Gasteiger partial charge in [0.1, 0.15) is 4.90 Å². The number of rotatable bonds is 7. The molecule has 0 heterocycles. The Labute approximate surface area is 114 Å². The summed E-state index contributed by atoms with van der Waals surface area (Å²) in [5, 5.41) is 0. The molecule has 0 radical (unpaired) electrons. The van der Waals surface area contributed by atoms with Crippen molar-refractivity contribution in [2.24, 2.45) is 5.73 Å². The van der Waals surface area contributed by atoms with Crippen LogP contribution in [0.2, 0.25) is 0 Å². The van der Waals surface area contributed by atoms with Crippen LogP contribution < -0.4 is 15.4 Å². The third-order valence-corrected chi connectivity index (χ3v) is 4.74. The molecule has 0 bridgehead atoms. The maximum absolute atomic E-state index is 12.4. The lowest BCUT2D eigenvalue weighted by Gasteiger charge is -2.25. The average molecular weight is 283 g/mol. The molecular formula is C13H21N3O2S. The quantitative estimate of drug-likeness (QED) is 0.780. The number of sulfonamides is 1. The zero-order chi connectivity index (χ0) is 13.9. The molecule has 3 N–H and O–H groups in total. The highest BCUT2D eigenvalue weighted by Gasteiger charge is 2.29. The molecule has 0 atom stereocenters. The molecule has 0 saturated heterocycles. The highest BCUT2D eigenvalue weighted by molar-refractivity contribution is 7.89. The maximum Gasteiger partial charge on any atom is 0.242 e. The molecule has 1 aliphatic carbocycles. The number of likely N-dealkylation sites (N-methyl/N-ethyl adjacent to an activating group) is 1. The summed E-state index contributed by atoms with van der Waals surface area (Å²) in [4.78, 5) is 2.33. The number of nitrogens with two attached hydrogens (primary N) is 1. The lowest BCUT2D eigenvalue weighted by Crippen LogP contribution is -2.32. The standard InChI is InChI=1S/C13H21N3O2S/c1-2-16(10-9-14)12-5-3-4-6-13(12)19(17,18)15-11-7-8-11/h3-6,11,15H,2,7-10,14H2,1H3. The zero-order valence-corrected chi connectivity index (χ0v) is 12.0. The minimum atomic E-state index is -3.43. The van der Waals surface area contributed by atoms with Gasteiger partial charge in [0.15, 0.2) is 0 Å². The van der Waals surface area contributed by atoms with Crippen LogP contribution in [0.4, 0.5) is 5.69 Å². The van der Waals surface area contributed by atoms with Crippen molar-refractivity contribution < 1.29 is 8.42 Å². The summed E-state index contributed by atoms with van der Waals surface area (Å²) < 4.78 is 27.4. The Balaban J connectivity index is 2.33. The highest BCUT2D eigenvalue weighted by Crippen LogP contribution is 2.27. The Morgan fingerprint density at radius 3 is 2.63 bits per heavy atom. The van der Waals surface area contributed by atoms with Gasteiger partial charge in [-0.2, -0.15) is 0 Å². The van der Waals surface area contributed by atoms with Crippen LogP contribution in [0.3, 0.4) is 0 Å². The predicted molar refractivity (Wildman–Crippen MR) is 76.7 cm³/mol. The van der Waals surface area contributed by atoms with E-state index in [1.807, 2.05) is 24.0 Å². The molecule has 1 aromatic carbocycles. The van der Waals surface area contributed by atoms with Crippen molar-refractivity contribution in [3.05, 3.63) is 24.3 Å². The van der Waals surface area contributed by atoms with E-state index in [2.05, 4.69) is 4.72 Å². The van der Waals surface area contributed by atoms with Gasteiger partial charge in [-0.25, -0.2) is 13.1 Å². The number of para-hydroxylation sites is 1. The second-order valence-corrected chi connectivity index (χ2v) is 6.41. The van der Waals surface area contributed by atoms with E-state index >= 15 is 0 Å². The highest BCUT2D eigenvalue weighted by atomic mass is 32.2. The summed E-state index contributed by atoms with van der Waals surface area (Å²) in [7, 11) is -3.43. The van der Waals surface area contributed by atoms with Crippen LogP contribution in [0.25, 0.3) is 0 Å². The molecule has 106 valence electrons. The molecule has 0 aliphatic heterocycles. The van der Waals surface area contributed by atoms with Gasteiger partial charge in [-0.1, -0.05) is 12.1 Å². The van der Waals surface area contributed by atoms with Crippen LogP contribution in [0.5, 0.6) is 0 Å². The third kappa shape index (κ3) is 3.46. The van der Waals surface area contributed by atoms with E-state index in [4.69, 9.17) is 5.73 Å². The van der Waals surface area contributed by atoms with Gasteiger partial charge >= 0.3 is 0 Å². The van der Waals surface area contributed by atoms with Crippen molar-refractivity contribution in [3.63, 3.8) is 0 Å². The molecule has 2 rings (SSSR count). The van der Waals surface area contributed by atoms with Crippen LogP contribution in [0, 0.1) is 0 Å². The van der Waals surface area contributed by atoms with Crippen molar-refractivity contribution in [1.82, 2.24) is 4.72 Å². The van der Waals surface area contributed by atoms with Crippen LogP contribution in [0.15, 0.2) is 29.2 Å². The van der Waals surface area contributed by atoms with Crippen LogP contribution in [0.1, 0.15) is 19.8 Å². The summed E-state index contributed by atoms with van der Waals surface area (Å²) in [6, 6.07) is 7.20. The van der Waals surface area contributed by atoms with E-state index in [9.17, 15) is 8.42 Å². The predicted octanol–water partition coefficient (Wildman–Crippen LogP) is 0.912. The second-order valence-electron chi connectivity index (χ2n) is 4.73. The number of hydrogen-bond acceptors (Lipinski definition) is 4. The fraction of sp³-hybridized carbons (Fsp3) is 0.538. The first-order valence-electron chi connectivity index (χ1n) is 6.65. The van der Waals surface area contributed by atoms with Crippen LogP contribution in [-0.2, 0) is 10.0 Å². The normalized spacial score (nSPS) is 15.5. The first-order valence-corrected chi connectivity index (χ1v) is 8.13. The molecule has 1 aliphatic rings. The van der Waals surface area contributed by atoms with Gasteiger partial charge in [-0.3, -0.25) is 0 Å². The minimum Gasteiger partial charge on any atom is -0.369 e. The van der Waals surface area contributed by atoms with Crippen molar-refractivity contribution in [3.8, 4) is 0 Å². The maximum atomic E-state index is 12.4. The molecule has 0 aromatic heterocycles. The molecule has 0 unspecified atom stereocenters. The number of nitrogens with one attached hydrogen (secondary N) is 1. The van der Waals surface area contributed by atoms with Crippen molar-refractivity contribution in [2.75, 3.05) is 24.5 Å². The largest absolute Gasteiger partial charge is 0.369 e. The summed E-state index contributed by atoms with van der Waals surface area (Å²) in [5.41, 5.74) is 6.31. The SMILES string of the molecule is CCN(CCN)c1ccccc1S(=O)(=O)NC1CC1. The Kier molecular flexibility index (Phi) is 4.44. The third-order valence-electron chi connectivity index (χ3n) is 3.18. The summed E-state index contributed by atoms with van der Waals surface area (Å²) in [6.45, 7) is 3.87. The number of anilines is 1. The summed E-state index contributed by atoms with van der Waals surface area (Å²) in [6.07, 6.45) is 1.86. The molecular weight excluding hydrogens is 262 g/mol. The minimum absolute atomic E-state index is 0.114. The Bertz CT molecular complexity index is 526. The van der Waals surface area contributed by atoms with Crippen molar-refractivity contribution in [1.29, 1.82) is 0 Å². The lowest BCUT2D eigenvalue weighted by molar-refractivity contribution is 0.580. The number of benzene rings is 1. The van der Waals surface area contributed by atoms with Gasteiger partial charge in [0.05, 0.1) is 5.69 Å². The molecule has 1 saturated carbocycles. The van der Waals surface area contributed by atoms with Crippen LogP contribution in [-0.4, -0.2) is 34.1 Å². The zero-order valence-electron chi connectivity index (χ0n) is 11.2. The van der Waals surface area contributed by atoms with Gasteiger partial charge in [-0.15, -0.1) is 0 Å². The van der Waals surface area contributed by atoms with Crippen molar-refractivity contribution >= 4 is 15.7 Å². The summed E-state index contributed by atoms with van der Waals surface area (Å²) in [5.74, 6) is 0. The van der Waals surface area contributed by atoms with E-state index in [1.54, 1.807) is 12.1 Å². The van der Waals surface area contributed by atoms with E-state index in [-0.39, 0.29) is 6.04 Å². The van der Waals surface area contributed by atoms with E-state index in [0.29, 0.717) is 18.0 Å². The number of nitrogens with zero attached hydrogens (tertiary/aromatic N) is 1. The van der Waals surface area contributed by atoms with Crippen LogP contribution >= 0.6 is 0 Å². The fourth-order valence-electron chi connectivity index (χ4n) is 2.03. The van der Waals surface area contributed by atoms with E-state index in [1.165, 1.54) is 0 Å². The van der Waals surface area contributed by atoms with Gasteiger partial charge in [0, 0.05) is 25.7 Å². The number of hydrogen-bond donors (Lipinski definition) is 2. The topological polar surface area (TPSA) is 75.4 Å². The molecule has 0 spiro atoms. The van der Waals surface area contributed by atoms with Gasteiger partial charge in [-0.05, 0) is 31.9 Å². The lowest BCUT2D eigenvalue weighted by atomic mass is 10.3. The smallest absolute Gasteiger partial charge is 0.242 e. The Morgan fingerprint density at radius 1 is 1.37 bits per heavy atom. The molecule has 1 fully saturated rings. The average Bonchev–Trinajstić information content (AvgIpc) is 3.19. The first-order chi connectivity index (χ1) is 9.08. The van der Waals surface area contributed by atoms with Crippen molar-refractivity contribution in [2.45, 2.75) is 30.7 Å². The molecule has 5 nitrogen and oxygen atoms in total. The van der Waals surface area contributed by atoms with E-state index in [0.717, 1.165) is 25.1 Å². The Hall–Kier alpha value is -1.11. The first kappa shape index (κ1) is 14.3. The monoisotopic (exact) mass is 283 g/mol. The molecule has 19 heavy (non-hydrogen) atoms. The molecule has 0 amide bonds. The molecule has 6 heteroatoms. The summed E-state index contributed by atoms with van der Waals surface area (Å²) >= 11 is 0. The van der Waals surface area contributed by atoms with Gasteiger partial charge in [0.2, 0.25) is 10.0 Å². The van der Waals surface area contributed by atoms with E-state index < -0.39 is 10.0 Å². The second kappa shape index (κ2) is 5.90. The molecule has 1 aromatic rings. The van der Waals surface area contributed by atoms with Gasteiger partial charge in [0.25, 0.3) is 0 Å². The fourth-order valence-corrected chi connectivity index (χ4v) is 3.57. The Morgan fingerprint density at radius 2 is 2.05 bits per heavy atom. The van der Waals surface area contributed by atoms with Gasteiger partial charge < -0.3 is 10.6 Å².